The van der Waals surface area contributed by atoms with E-state index in [-0.39, 0.29) is 0 Å². The Kier molecular flexibility index (Phi) is 3.66. The van der Waals surface area contributed by atoms with Crippen LogP contribution in [0.25, 0.3) is 0 Å². The van der Waals surface area contributed by atoms with Gasteiger partial charge in [-0.05, 0) is 25.6 Å². The second-order valence-corrected chi connectivity index (χ2v) is 5.31. The van der Waals surface area contributed by atoms with Gasteiger partial charge in [0.25, 0.3) is 0 Å². The number of hydrogen-bond donors (Lipinski definition) is 1. The number of benzene rings is 1. The van der Waals surface area contributed by atoms with E-state index >= 15 is 0 Å². The first kappa shape index (κ1) is 12.4. The number of thiazole rings is 1. The largest absolute Gasteiger partial charge is 0.491 e. The van der Waals surface area contributed by atoms with Gasteiger partial charge >= 0.3 is 0 Å². The van der Waals surface area contributed by atoms with E-state index in [4.69, 9.17) is 9.72 Å². The minimum atomic E-state index is 0.766. The molecule has 0 atom stereocenters. The summed E-state index contributed by atoms with van der Waals surface area (Å²) in [5.41, 5.74) is 2.20. The van der Waals surface area contributed by atoms with Crippen LogP contribution in [0.15, 0.2) is 29.6 Å². The summed E-state index contributed by atoms with van der Waals surface area (Å²) in [6, 6.07) is 8.18. The lowest BCUT2D eigenvalue weighted by Gasteiger charge is -2.20. The molecular formula is C14H17N3OS. The molecule has 1 aliphatic heterocycles. The molecule has 2 heterocycles. The van der Waals surface area contributed by atoms with Gasteiger partial charge in [-0.3, -0.25) is 0 Å². The molecule has 0 radical (unpaired) electrons. The van der Waals surface area contributed by atoms with Crippen molar-refractivity contribution in [2.45, 2.75) is 13.0 Å². The Labute approximate surface area is 117 Å². The highest BCUT2D eigenvalue weighted by Crippen LogP contribution is 2.36. The highest BCUT2D eigenvalue weighted by molar-refractivity contribution is 7.13. The predicted molar refractivity (Wildman–Crippen MR) is 78.4 cm³/mol. The van der Waals surface area contributed by atoms with Crippen molar-refractivity contribution in [1.29, 1.82) is 0 Å². The fraction of sp³-hybridized carbons (Fsp3) is 0.357. The Morgan fingerprint density at radius 1 is 1.42 bits per heavy atom. The average Bonchev–Trinajstić information content (AvgIpc) is 2.78. The topological polar surface area (TPSA) is 37.4 Å². The van der Waals surface area contributed by atoms with Gasteiger partial charge in [0, 0.05) is 18.5 Å². The highest BCUT2D eigenvalue weighted by atomic mass is 32.1. The molecule has 4 nitrogen and oxygen atoms in total. The van der Waals surface area contributed by atoms with E-state index in [1.807, 2.05) is 25.2 Å². The van der Waals surface area contributed by atoms with E-state index in [1.54, 1.807) is 11.3 Å². The molecule has 5 heteroatoms. The third-order valence-corrected chi connectivity index (χ3v) is 3.98. The van der Waals surface area contributed by atoms with Crippen molar-refractivity contribution < 1.29 is 4.74 Å². The minimum Gasteiger partial charge on any atom is -0.491 e. The number of fused-ring (bicyclic) bond motifs is 1. The molecule has 100 valence electrons. The van der Waals surface area contributed by atoms with Crippen molar-refractivity contribution in [3.05, 3.63) is 35.3 Å². The number of aromatic nitrogens is 1. The Hall–Kier alpha value is -1.59. The first-order chi connectivity index (χ1) is 9.38. The van der Waals surface area contributed by atoms with Crippen molar-refractivity contribution in [1.82, 2.24) is 10.3 Å². The molecule has 0 saturated carbocycles. The molecule has 0 amide bonds. The SMILES string of the molecule is CNCc1csc(N2CCCOc3ccccc32)n1. The van der Waals surface area contributed by atoms with E-state index < -0.39 is 0 Å². The maximum absolute atomic E-state index is 5.78. The van der Waals surface area contributed by atoms with Crippen molar-refractivity contribution in [2.24, 2.45) is 0 Å². The number of para-hydroxylation sites is 2. The molecule has 1 aromatic heterocycles. The zero-order chi connectivity index (χ0) is 13.1. The number of rotatable bonds is 3. The summed E-state index contributed by atoms with van der Waals surface area (Å²) in [5.74, 6) is 0.949. The van der Waals surface area contributed by atoms with Crippen LogP contribution in [0.5, 0.6) is 5.75 Å². The summed E-state index contributed by atoms with van der Waals surface area (Å²) in [7, 11) is 1.94. The quantitative estimate of drug-likeness (QED) is 0.934. The molecule has 3 rings (SSSR count). The first-order valence-corrected chi connectivity index (χ1v) is 7.35. The maximum Gasteiger partial charge on any atom is 0.190 e. The highest BCUT2D eigenvalue weighted by Gasteiger charge is 2.19. The predicted octanol–water partition coefficient (Wildman–Crippen LogP) is 2.78. The minimum absolute atomic E-state index is 0.766. The average molecular weight is 275 g/mol. The standard InChI is InChI=1S/C14H17N3OS/c1-15-9-11-10-19-14(16-11)17-7-4-8-18-13-6-3-2-5-12(13)17/h2-3,5-6,10,15H,4,7-9H2,1H3. The fourth-order valence-corrected chi connectivity index (χ4v) is 3.07. The number of hydrogen-bond acceptors (Lipinski definition) is 5. The molecule has 2 aromatic rings. The Morgan fingerprint density at radius 2 is 2.32 bits per heavy atom. The summed E-state index contributed by atoms with van der Waals surface area (Å²) in [5, 5.41) is 6.29. The molecule has 0 fully saturated rings. The van der Waals surface area contributed by atoms with Crippen LogP contribution in [-0.2, 0) is 6.54 Å². The molecular weight excluding hydrogens is 258 g/mol. The van der Waals surface area contributed by atoms with Crippen LogP contribution >= 0.6 is 11.3 Å². The summed E-state index contributed by atoms with van der Waals surface area (Å²) in [6.45, 7) is 2.52. The fourth-order valence-electron chi connectivity index (χ4n) is 2.21. The normalized spacial score (nSPS) is 14.7. The molecule has 19 heavy (non-hydrogen) atoms. The second kappa shape index (κ2) is 5.59. The monoisotopic (exact) mass is 275 g/mol. The summed E-state index contributed by atoms with van der Waals surface area (Å²) < 4.78 is 5.78. The third kappa shape index (κ3) is 2.57. The smallest absolute Gasteiger partial charge is 0.190 e. The number of anilines is 2. The Bertz CT molecular complexity index is 555. The van der Waals surface area contributed by atoms with Crippen LogP contribution < -0.4 is 15.0 Å². The van der Waals surface area contributed by atoms with Gasteiger partial charge in [0.15, 0.2) is 5.13 Å². The molecule has 1 N–H and O–H groups in total. The molecule has 0 saturated heterocycles. The van der Waals surface area contributed by atoms with E-state index in [2.05, 4.69) is 21.7 Å². The maximum atomic E-state index is 5.78. The lowest BCUT2D eigenvalue weighted by Crippen LogP contribution is -2.17. The lowest BCUT2D eigenvalue weighted by molar-refractivity contribution is 0.322. The molecule has 1 aromatic carbocycles. The van der Waals surface area contributed by atoms with Crippen molar-refractivity contribution >= 4 is 22.2 Å². The lowest BCUT2D eigenvalue weighted by atomic mass is 10.2. The van der Waals surface area contributed by atoms with Crippen LogP contribution in [0.3, 0.4) is 0 Å². The van der Waals surface area contributed by atoms with Gasteiger partial charge in [-0.15, -0.1) is 11.3 Å². The van der Waals surface area contributed by atoms with E-state index in [9.17, 15) is 0 Å². The van der Waals surface area contributed by atoms with Crippen LogP contribution in [0.4, 0.5) is 10.8 Å². The third-order valence-electron chi connectivity index (χ3n) is 3.07. The number of nitrogens with one attached hydrogen (secondary N) is 1. The molecule has 0 unspecified atom stereocenters. The van der Waals surface area contributed by atoms with Crippen molar-refractivity contribution in [3.8, 4) is 5.75 Å². The molecule has 0 spiro atoms. The van der Waals surface area contributed by atoms with Crippen LogP contribution in [0.2, 0.25) is 0 Å². The Morgan fingerprint density at radius 3 is 3.21 bits per heavy atom. The van der Waals surface area contributed by atoms with Crippen molar-refractivity contribution in [2.75, 3.05) is 25.1 Å². The van der Waals surface area contributed by atoms with Crippen LogP contribution in [0, 0.1) is 0 Å². The number of nitrogens with zero attached hydrogens (tertiary/aromatic N) is 2. The van der Waals surface area contributed by atoms with Gasteiger partial charge in [0.05, 0.1) is 18.0 Å². The zero-order valence-electron chi connectivity index (χ0n) is 10.9. The molecule has 1 aliphatic rings. The van der Waals surface area contributed by atoms with Gasteiger partial charge in [-0.1, -0.05) is 12.1 Å². The van der Waals surface area contributed by atoms with Gasteiger partial charge < -0.3 is 15.0 Å². The first-order valence-electron chi connectivity index (χ1n) is 6.47. The van der Waals surface area contributed by atoms with Gasteiger partial charge in [-0.2, -0.15) is 0 Å². The van der Waals surface area contributed by atoms with E-state index in [0.717, 1.165) is 48.4 Å². The van der Waals surface area contributed by atoms with Crippen molar-refractivity contribution in [3.63, 3.8) is 0 Å². The molecule has 0 bridgehead atoms. The van der Waals surface area contributed by atoms with Gasteiger partial charge in [0.1, 0.15) is 5.75 Å². The Balaban J connectivity index is 1.94. The number of ether oxygens (including phenoxy) is 1. The zero-order valence-corrected chi connectivity index (χ0v) is 11.7. The van der Waals surface area contributed by atoms with Gasteiger partial charge in [0.2, 0.25) is 0 Å². The summed E-state index contributed by atoms with van der Waals surface area (Å²) >= 11 is 1.69. The second-order valence-electron chi connectivity index (χ2n) is 4.47. The van der Waals surface area contributed by atoms with E-state index in [0.29, 0.717) is 0 Å². The van der Waals surface area contributed by atoms with Crippen LogP contribution in [0.1, 0.15) is 12.1 Å². The van der Waals surface area contributed by atoms with Crippen LogP contribution in [-0.4, -0.2) is 25.2 Å². The van der Waals surface area contributed by atoms with Gasteiger partial charge in [-0.25, -0.2) is 4.98 Å². The van der Waals surface area contributed by atoms with E-state index in [1.165, 1.54) is 0 Å². The molecule has 0 aliphatic carbocycles. The summed E-state index contributed by atoms with van der Waals surface area (Å²) in [6.07, 6.45) is 1.01. The summed E-state index contributed by atoms with van der Waals surface area (Å²) in [4.78, 5) is 6.95.